The monoisotopic (exact) mass is 389 g/mol. The first-order valence-electron chi connectivity index (χ1n) is 9.34. The van der Waals surface area contributed by atoms with Crippen molar-refractivity contribution in [3.05, 3.63) is 77.6 Å². The van der Waals surface area contributed by atoms with E-state index in [1.54, 1.807) is 24.3 Å². The fraction of sp³-hybridized carbons (Fsp3) is 0.182. The van der Waals surface area contributed by atoms with Gasteiger partial charge in [0, 0.05) is 18.2 Å². The lowest BCUT2D eigenvalue weighted by Gasteiger charge is -2.17. The average molecular weight is 389 g/mol. The number of aromatic nitrogens is 2. The summed E-state index contributed by atoms with van der Waals surface area (Å²) in [6, 6.07) is 16.8. The van der Waals surface area contributed by atoms with Crippen molar-refractivity contribution in [2.24, 2.45) is 0 Å². The zero-order valence-corrected chi connectivity index (χ0v) is 16.3. The van der Waals surface area contributed by atoms with E-state index >= 15 is 0 Å². The molecule has 7 heteroatoms. The molecule has 1 atom stereocenters. The van der Waals surface area contributed by atoms with Crippen molar-refractivity contribution in [2.45, 2.75) is 19.4 Å². The smallest absolute Gasteiger partial charge is 0.273 e. The molecule has 0 radical (unpaired) electrons. The highest BCUT2D eigenvalue weighted by molar-refractivity contribution is 5.97. The second-order valence-corrected chi connectivity index (χ2v) is 6.49. The van der Waals surface area contributed by atoms with Gasteiger partial charge >= 0.3 is 0 Å². The molecule has 1 heterocycles. The molecule has 7 nitrogen and oxygen atoms in total. The van der Waals surface area contributed by atoms with E-state index in [1.807, 2.05) is 37.3 Å². The Morgan fingerprint density at radius 2 is 1.83 bits per heavy atom. The second-order valence-electron chi connectivity index (χ2n) is 6.49. The maximum Gasteiger partial charge on any atom is 0.273 e. The number of amides is 2. The van der Waals surface area contributed by atoms with E-state index in [9.17, 15) is 9.59 Å². The van der Waals surface area contributed by atoms with Crippen molar-refractivity contribution in [1.29, 1.82) is 0 Å². The zero-order chi connectivity index (χ0) is 20.8. The van der Waals surface area contributed by atoms with E-state index in [-0.39, 0.29) is 23.5 Å². The van der Waals surface area contributed by atoms with Crippen LogP contribution in [-0.2, 0) is 0 Å². The summed E-state index contributed by atoms with van der Waals surface area (Å²) in [5, 5.41) is 5.56. The molecule has 1 aromatic heterocycles. The molecule has 0 saturated heterocycles. The van der Waals surface area contributed by atoms with Gasteiger partial charge in [-0.05, 0) is 24.1 Å². The summed E-state index contributed by atoms with van der Waals surface area (Å²) < 4.78 is 0. The second kappa shape index (κ2) is 8.97. The van der Waals surface area contributed by atoms with Crippen LogP contribution in [0.2, 0.25) is 0 Å². The molecular formula is C22H23N5O2. The number of nitrogens with two attached hydrogens (primary N) is 1. The minimum absolute atomic E-state index is 0.0509. The summed E-state index contributed by atoms with van der Waals surface area (Å²) in [4.78, 5) is 33.1. The van der Waals surface area contributed by atoms with Crippen molar-refractivity contribution < 1.29 is 9.59 Å². The minimum atomic E-state index is -0.417. The third-order valence-electron chi connectivity index (χ3n) is 4.58. The molecule has 3 rings (SSSR count). The number of benzene rings is 2. The van der Waals surface area contributed by atoms with Gasteiger partial charge in [-0.25, -0.2) is 9.97 Å². The van der Waals surface area contributed by atoms with Gasteiger partial charge < -0.3 is 16.4 Å². The third-order valence-corrected chi connectivity index (χ3v) is 4.58. The van der Waals surface area contributed by atoms with Gasteiger partial charge in [0.1, 0.15) is 0 Å². The Morgan fingerprint density at radius 1 is 1.07 bits per heavy atom. The van der Waals surface area contributed by atoms with Crippen LogP contribution in [-0.4, -0.2) is 28.8 Å². The summed E-state index contributed by atoms with van der Waals surface area (Å²) in [7, 11) is 1.50. The molecule has 0 aliphatic rings. The first-order chi connectivity index (χ1) is 14.0. The molecule has 4 N–H and O–H groups in total. The van der Waals surface area contributed by atoms with Crippen molar-refractivity contribution >= 4 is 17.6 Å². The number of anilines is 1. The quantitative estimate of drug-likeness (QED) is 0.600. The van der Waals surface area contributed by atoms with E-state index in [2.05, 4.69) is 20.6 Å². The summed E-state index contributed by atoms with van der Waals surface area (Å²) in [5.41, 5.74) is 8.48. The normalized spacial score (nSPS) is 11.5. The van der Waals surface area contributed by atoms with Gasteiger partial charge in [0.15, 0.2) is 11.5 Å². The minimum Gasteiger partial charge on any atom is -0.382 e. The molecule has 29 heavy (non-hydrogen) atoms. The maximum absolute atomic E-state index is 12.8. The summed E-state index contributed by atoms with van der Waals surface area (Å²) >= 11 is 0. The van der Waals surface area contributed by atoms with Gasteiger partial charge in [0.2, 0.25) is 0 Å². The van der Waals surface area contributed by atoms with Crippen LogP contribution >= 0.6 is 0 Å². The standard InChI is InChI=1S/C22H23N5O2/c1-3-17(14-8-5-4-6-9-14)27-21(28)16-11-7-10-15(12-16)18-13-25-20(23)19(26-18)22(29)24-2/h4-13,17H,3H2,1-2H3,(H2,23,25)(H,24,29)(H,27,28)/t17-/m1/s1. The van der Waals surface area contributed by atoms with Gasteiger partial charge in [0.25, 0.3) is 11.8 Å². The fourth-order valence-corrected chi connectivity index (χ4v) is 2.99. The molecule has 0 aliphatic heterocycles. The molecule has 2 aromatic carbocycles. The molecule has 148 valence electrons. The number of nitrogen functional groups attached to an aromatic ring is 1. The van der Waals surface area contributed by atoms with E-state index < -0.39 is 5.91 Å². The van der Waals surface area contributed by atoms with Crippen molar-refractivity contribution in [3.8, 4) is 11.3 Å². The van der Waals surface area contributed by atoms with E-state index in [0.717, 1.165) is 12.0 Å². The highest BCUT2D eigenvalue weighted by atomic mass is 16.2. The Bertz CT molecular complexity index is 1020. The topological polar surface area (TPSA) is 110 Å². The molecule has 0 bridgehead atoms. The van der Waals surface area contributed by atoms with Crippen molar-refractivity contribution in [1.82, 2.24) is 20.6 Å². The lowest BCUT2D eigenvalue weighted by molar-refractivity contribution is 0.0933. The van der Waals surface area contributed by atoms with Crippen LogP contribution in [0.15, 0.2) is 60.8 Å². The predicted molar refractivity (Wildman–Crippen MR) is 112 cm³/mol. The number of carbonyl (C=O) groups is 2. The number of nitrogens with one attached hydrogen (secondary N) is 2. The Morgan fingerprint density at radius 3 is 2.52 bits per heavy atom. The summed E-state index contributed by atoms with van der Waals surface area (Å²) in [6.45, 7) is 2.03. The Labute approximate surface area is 169 Å². The third kappa shape index (κ3) is 4.57. The van der Waals surface area contributed by atoms with Crippen LogP contribution < -0.4 is 16.4 Å². The van der Waals surface area contributed by atoms with Crippen molar-refractivity contribution in [2.75, 3.05) is 12.8 Å². The Balaban J connectivity index is 1.86. The van der Waals surface area contributed by atoms with Crippen LogP contribution in [0, 0.1) is 0 Å². The highest BCUT2D eigenvalue weighted by Crippen LogP contribution is 2.21. The van der Waals surface area contributed by atoms with E-state index in [1.165, 1.54) is 13.2 Å². The zero-order valence-electron chi connectivity index (χ0n) is 16.3. The number of hydrogen-bond donors (Lipinski definition) is 3. The van der Waals surface area contributed by atoms with Gasteiger partial charge in [-0.1, -0.05) is 49.4 Å². The predicted octanol–water partition coefficient (Wildman–Crippen LogP) is 2.97. The number of carbonyl (C=O) groups excluding carboxylic acids is 2. The van der Waals surface area contributed by atoms with Crippen molar-refractivity contribution in [3.63, 3.8) is 0 Å². The van der Waals surface area contributed by atoms with Crippen LogP contribution in [0.25, 0.3) is 11.3 Å². The largest absolute Gasteiger partial charge is 0.382 e. The molecule has 0 aliphatic carbocycles. The van der Waals surface area contributed by atoms with E-state index in [4.69, 9.17) is 5.73 Å². The van der Waals surface area contributed by atoms with Crippen LogP contribution in [0.4, 0.5) is 5.82 Å². The van der Waals surface area contributed by atoms with Crippen LogP contribution in [0.5, 0.6) is 0 Å². The number of nitrogens with zero attached hydrogens (tertiary/aromatic N) is 2. The summed E-state index contributed by atoms with van der Waals surface area (Å²) in [6.07, 6.45) is 2.26. The molecular weight excluding hydrogens is 366 g/mol. The molecule has 0 saturated carbocycles. The number of rotatable bonds is 6. The molecule has 3 aromatic rings. The molecule has 0 spiro atoms. The first kappa shape index (κ1) is 20.0. The van der Waals surface area contributed by atoms with Gasteiger partial charge in [-0.2, -0.15) is 0 Å². The molecule has 2 amide bonds. The van der Waals surface area contributed by atoms with Gasteiger partial charge in [-0.3, -0.25) is 9.59 Å². The first-order valence-corrected chi connectivity index (χ1v) is 9.34. The molecule has 0 fully saturated rings. The summed E-state index contributed by atoms with van der Waals surface area (Å²) in [5.74, 6) is -0.549. The van der Waals surface area contributed by atoms with Crippen LogP contribution in [0.1, 0.15) is 45.8 Å². The maximum atomic E-state index is 12.8. The Kier molecular flexibility index (Phi) is 6.19. The average Bonchev–Trinajstić information content (AvgIpc) is 2.77. The van der Waals surface area contributed by atoms with Crippen LogP contribution in [0.3, 0.4) is 0 Å². The number of hydrogen-bond acceptors (Lipinski definition) is 5. The van der Waals surface area contributed by atoms with E-state index in [0.29, 0.717) is 16.8 Å². The molecule has 0 unspecified atom stereocenters. The Hall–Kier alpha value is -3.74. The highest BCUT2D eigenvalue weighted by Gasteiger charge is 2.16. The SMILES string of the molecule is CC[C@@H](NC(=O)c1cccc(-c2cnc(N)c(C(=O)NC)n2)c1)c1ccccc1. The van der Waals surface area contributed by atoms with Gasteiger partial charge in [0.05, 0.1) is 17.9 Å². The van der Waals surface area contributed by atoms with Gasteiger partial charge in [-0.15, -0.1) is 0 Å². The lowest BCUT2D eigenvalue weighted by atomic mass is 10.0. The lowest BCUT2D eigenvalue weighted by Crippen LogP contribution is -2.28. The fourth-order valence-electron chi connectivity index (χ4n) is 2.99.